The molecule has 4 nitrogen and oxygen atoms in total. The van der Waals surface area contributed by atoms with E-state index in [4.69, 9.17) is 10.5 Å². The molecule has 3 rings (SSSR count). The fraction of sp³-hybridized carbons (Fsp3) is 0.188. The van der Waals surface area contributed by atoms with Crippen LogP contribution in [0.2, 0.25) is 0 Å². The summed E-state index contributed by atoms with van der Waals surface area (Å²) in [6.07, 6.45) is 0. The van der Waals surface area contributed by atoms with Gasteiger partial charge in [0.25, 0.3) is 0 Å². The van der Waals surface area contributed by atoms with Gasteiger partial charge in [0.1, 0.15) is 5.75 Å². The molecule has 0 aliphatic carbocycles. The summed E-state index contributed by atoms with van der Waals surface area (Å²) in [5.74, 6) is 1.27. The highest BCUT2D eigenvalue weighted by atomic mass is 79.9. The number of halogens is 1. The molecule has 1 aromatic heterocycles. The van der Waals surface area contributed by atoms with Gasteiger partial charge >= 0.3 is 0 Å². The fourth-order valence-electron chi connectivity index (χ4n) is 2.69. The number of aryl methyl sites for hydroxylation is 2. The number of ether oxygens (including phenoxy) is 1. The summed E-state index contributed by atoms with van der Waals surface area (Å²) in [4.78, 5) is 4.44. The Morgan fingerprint density at radius 3 is 2.43 bits per heavy atom. The zero-order chi connectivity index (χ0) is 15.1. The molecule has 2 N–H and O–H groups in total. The van der Waals surface area contributed by atoms with Crippen molar-refractivity contribution in [1.82, 2.24) is 9.55 Å². The predicted molar refractivity (Wildman–Crippen MR) is 89.2 cm³/mol. The Hall–Kier alpha value is -2.01. The first-order valence-electron chi connectivity index (χ1n) is 6.60. The van der Waals surface area contributed by atoms with E-state index >= 15 is 0 Å². The minimum absolute atomic E-state index is 0.478. The molecule has 3 aromatic rings. The van der Waals surface area contributed by atoms with Gasteiger partial charge in [-0.15, -0.1) is 0 Å². The van der Waals surface area contributed by atoms with Crippen LogP contribution >= 0.6 is 15.9 Å². The molecular formula is C16H16BrN3O. The average molecular weight is 346 g/mol. The Kier molecular flexibility index (Phi) is 3.37. The van der Waals surface area contributed by atoms with Crippen LogP contribution in [-0.2, 0) is 0 Å². The highest BCUT2D eigenvalue weighted by Crippen LogP contribution is 2.31. The minimum Gasteiger partial charge on any atom is -0.497 e. The second-order valence-electron chi connectivity index (χ2n) is 5.05. The zero-order valence-corrected chi connectivity index (χ0v) is 13.7. The molecule has 0 saturated heterocycles. The molecule has 0 unspecified atom stereocenters. The normalized spacial score (nSPS) is 11.0. The van der Waals surface area contributed by atoms with Crippen molar-refractivity contribution >= 4 is 32.9 Å². The predicted octanol–water partition coefficient (Wildman–Crippen LogP) is 4.00. The van der Waals surface area contributed by atoms with E-state index in [9.17, 15) is 0 Å². The van der Waals surface area contributed by atoms with Crippen LogP contribution in [0.25, 0.3) is 16.7 Å². The number of rotatable bonds is 2. The van der Waals surface area contributed by atoms with Crippen LogP contribution in [0.1, 0.15) is 11.1 Å². The summed E-state index contributed by atoms with van der Waals surface area (Å²) in [6, 6.07) is 9.92. The average Bonchev–Trinajstić information content (AvgIpc) is 2.73. The topological polar surface area (TPSA) is 53.1 Å². The molecule has 0 aliphatic heterocycles. The lowest BCUT2D eigenvalue weighted by atomic mass is 10.1. The van der Waals surface area contributed by atoms with Crippen molar-refractivity contribution in [3.63, 3.8) is 0 Å². The molecule has 108 valence electrons. The number of hydrogen-bond acceptors (Lipinski definition) is 3. The van der Waals surface area contributed by atoms with E-state index in [-0.39, 0.29) is 0 Å². The summed E-state index contributed by atoms with van der Waals surface area (Å²) in [6.45, 7) is 4.14. The van der Waals surface area contributed by atoms with Gasteiger partial charge < -0.3 is 10.5 Å². The highest BCUT2D eigenvalue weighted by molar-refractivity contribution is 9.10. The number of nitrogens with two attached hydrogens (primary N) is 1. The molecule has 0 amide bonds. The van der Waals surface area contributed by atoms with Crippen molar-refractivity contribution in [3.05, 3.63) is 45.9 Å². The molecule has 1 heterocycles. The molecule has 5 heteroatoms. The van der Waals surface area contributed by atoms with Gasteiger partial charge in [-0.25, -0.2) is 4.98 Å². The first kappa shape index (κ1) is 13.9. The molecule has 0 spiro atoms. The fourth-order valence-corrected chi connectivity index (χ4v) is 3.38. The Bertz CT molecular complexity index is 816. The van der Waals surface area contributed by atoms with E-state index in [1.807, 2.05) is 22.8 Å². The van der Waals surface area contributed by atoms with Crippen molar-refractivity contribution in [1.29, 1.82) is 0 Å². The third kappa shape index (κ3) is 2.27. The summed E-state index contributed by atoms with van der Waals surface area (Å²) >= 11 is 3.53. The van der Waals surface area contributed by atoms with Crippen LogP contribution in [0.3, 0.4) is 0 Å². The van der Waals surface area contributed by atoms with E-state index in [2.05, 4.69) is 46.9 Å². The third-order valence-electron chi connectivity index (χ3n) is 3.57. The number of anilines is 1. The first-order valence-corrected chi connectivity index (χ1v) is 7.39. The Morgan fingerprint density at radius 1 is 1.14 bits per heavy atom. The van der Waals surface area contributed by atoms with Crippen molar-refractivity contribution in [3.8, 4) is 11.4 Å². The number of aromatic nitrogens is 2. The SMILES string of the molecule is COc1ccc2nc(N)n(-c3c(C)cc(Br)cc3C)c2c1. The second-order valence-corrected chi connectivity index (χ2v) is 5.96. The lowest BCUT2D eigenvalue weighted by Crippen LogP contribution is -2.04. The largest absolute Gasteiger partial charge is 0.497 e. The van der Waals surface area contributed by atoms with Gasteiger partial charge in [0.2, 0.25) is 5.95 Å². The Labute approximate surface area is 131 Å². The molecule has 0 aliphatic rings. The van der Waals surface area contributed by atoms with Gasteiger partial charge in [-0.2, -0.15) is 0 Å². The van der Waals surface area contributed by atoms with E-state index < -0.39 is 0 Å². The summed E-state index contributed by atoms with van der Waals surface area (Å²) < 4.78 is 8.35. The quantitative estimate of drug-likeness (QED) is 0.763. The molecular weight excluding hydrogens is 330 g/mol. The van der Waals surface area contributed by atoms with Crippen LogP contribution in [-0.4, -0.2) is 16.7 Å². The van der Waals surface area contributed by atoms with E-state index in [0.717, 1.165) is 38.1 Å². The monoisotopic (exact) mass is 345 g/mol. The Balaban J connectivity index is 2.37. The highest BCUT2D eigenvalue weighted by Gasteiger charge is 2.15. The summed E-state index contributed by atoms with van der Waals surface area (Å²) in [7, 11) is 1.65. The standard InChI is InChI=1S/C16H16BrN3O/c1-9-6-11(17)7-10(2)15(9)20-14-8-12(21-3)4-5-13(14)19-16(20)18/h4-8H,1-3H3,(H2,18,19). The lowest BCUT2D eigenvalue weighted by Gasteiger charge is -2.14. The molecule has 2 aromatic carbocycles. The van der Waals surface area contributed by atoms with Crippen molar-refractivity contribution < 1.29 is 4.74 Å². The van der Waals surface area contributed by atoms with Gasteiger partial charge in [-0.3, -0.25) is 4.57 Å². The van der Waals surface area contributed by atoms with Crippen LogP contribution in [0.15, 0.2) is 34.8 Å². The number of hydrogen-bond donors (Lipinski definition) is 1. The number of fused-ring (bicyclic) bond motifs is 1. The third-order valence-corrected chi connectivity index (χ3v) is 4.02. The van der Waals surface area contributed by atoms with E-state index in [1.54, 1.807) is 7.11 Å². The first-order chi connectivity index (χ1) is 10.0. The number of benzene rings is 2. The van der Waals surface area contributed by atoms with Crippen LogP contribution in [0, 0.1) is 13.8 Å². The van der Waals surface area contributed by atoms with Crippen LogP contribution in [0.5, 0.6) is 5.75 Å². The van der Waals surface area contributed by atoms with E-state index in [1.165, 1.54) is 0 Å². The number of nitrogens with zero attached hydrogens (tertiary/aromatic N) is 2. The van der Waals surface area contributed by atoms with Gasteiger partial charge in [-0.05, 0) is 49.2 Å². The number of methoxy groups -OCH3 is 1. The molecule has 0 atom stereocenters. The van der Waals surface area contributed by atoms with Gasteiger partial charge in [0.05, 0.1) is 23.8 Å². The van der Waals surface area contributed by atoms with Crippen molar-refractivity contribution in [2.24, 2.45) is 0 Å². The second kappa shape index (κ2) is 5.07. The summed E-state index contributed by atoms with van der Waals surface area (Å²) in [5.41, 5.74) is 11.3. The molecule has 21 heavy (non-hydrogen) atoms. The van der Waals surface area contributed by atoms with Gasteiger partial charge in [0.15, 0.2) is 0 Å². The van der Waals surface area contributed by atoms with Gasteiger partial charge in [0, 0.05) is 10.5 Å². The Morgan fingerprint density at radius 2 is 1.81 bits per heavy atom. The maximum absolute atomic E-state index is 6.15. The van der Waals surface area contributed by atoms with Crippen molar-refractivity contribution in [2.75, 3.05) is 12.8 Å². The van der Waals surface area contributed by atoms with Crippen LogP contribution in [0.4, 0.5) is 5.95 Å². The zero-order valence-electron chi connectivity index (χ0n) is 12.1. The molecule has 0 fully saturated rings. The minimum atomic E-state index is 0.478. The molecule has 0 radical (unpaired) electrons. The smallest absolute Gasteiger partial charge is 0.205 e. The van der Waals surface area contributed by atoms with Crippen molar-refractivity contribution in [2.45, 2.75) is 13.8 Å². The maximum atomic E-state index is 6.15. The lowest BCUT2D eigenvalue weighted by molar-refractivity contribution is 0.415. The van der Waals surface area contributed by atoms with E-state index in [0.29, 0.717) is 5.95 Å². The molecule has 0 saturated carbocycles. The number of imidazole rings is 1. The van der Waals surface area contributed by atoms with Gasteiger partial charge in [-0.1, -0.05) is 15.9 Å². The maximum Gasteiger partial charge on any atom is 0.205 e. The molecule has 0 bridgehead atoms. The number of nitrogen functional groups attached to an aromatic ring is 1. The van der Waals surface area contributed by atoms with Crippen LogP contribution < -0.4 is 10.5 Å². The summed E-state index contributed by atoms with van der Waals surface area (Å²) in [5, 5.41) is 0.